The van der Waals surface area contributed by atoms with Gasteiger partial charge in [-0.1, -0.05) is 30.3 Å². The molecule has 2 amide bonds. The first kappa shape index (κ1) is 20.5. The molecule has 0 fully saturated rings. The van der Waals surface area contributed by atoms with E-state index in [1.807, 2.05) is 50.2 Å². The molecule has 0 aliphatic rings. The molecule has 144 valence electrons. The number of carbonyl (C=O) groups is 2. The van der Waals surface area contributed by atoms with E-state index in [2.05, 4.69) is 10.6 Å². The lowest BCUT2D eigenvalue weighted by atomic mass is 10.1. The Balaban J connectivity index is 1.63. The highest BCUT2D eigenvalue weighted by Gasteiger charge is 2.10. The summed E-state index contributed by atoms with van der Waals surface area (Å²) in [6.45, 7) is 4.24. The van der Waals surface area contributed by atoms with Gasteiger partial charge in [0.25, 0.3) is 5.91 Å². The molecule has 3 N–H and O–H groups in total. The Morgan fingerprint density at radius 1 is 1.07 bits per heavy atom. The molecule has 0 saturated carbocycles. The Hall–Kier alpha value is -2.86. The van der Waals surface area contributed by atoms with Crippen molar-refractivity contribution in [3.05, 3.63) is 65.2 Å². The number of aliphatic hydroxyl groups is 1. The van der Waals surface area contributed by atoms with Gasteiger partial charge >= 0.3 is 0 Å². The summed E-state index contributed by atoms with van der Waals surface area (Å²) in [5, 5.41) is 15.3. The van der Waals surface area contributed by atoms with Crippen LogP contribution in [0.15, 0.2) is 48.5 Å². The molecule has 0 saturated heterocycles. The van der Waals surface area contributed by atoms with Gasteiger partial charge in [-0.05, 0) is 43.2 Å². The Morgan fingerprint density at radius 2 is 1.85 bits per heavy atom. The zero-order valence-corrected chi connectivity index (χ0v) is 15.7. The highest BCUT2D eigenvalue weighted by Crippen LogP contribution is 2.12. The normalized spacial score (nSPS) is 11.5. The molecule has 27 heavy (non-hydrogen) atoms. The molecule has 1 unspecified atom stereocenters. The van der Waals surface area contributed by atoms with E-state index >= 15 is 0 Å². The average Bonchev–Trinajstić information content (AvgIpc) is 2.65. The van der Waals surface area contributed by atoms with Gasteiger partial charge in [0.05, 0.1) is 0 Å². The number of benzene rings is 2. The van der Waals surface area contributed by atoms with E-state index in [1.165, 1.54) is 0 Å². The minimum atomic E-state index is -0.809. The van der Waals surface area contributed by atoms with Crippen LogP contribution in [0.2, 0.25) is 0 Å². The van der Waals surface area contributed by atoms with Crippen LogP contribution >= 0.6 is 0 Å². The third kappa shape index (κ3) is 7.11. The van der Waals surface area contributed by atoms with Crippen LogP contribution < -0.4 is 15.4 Å². The number of hydrogen-bond donors (Lipinski definition) is 3. The van der Waals surface area contributed by atoms with Crippen molar-refractivity contribution < 1.29 is 19.4 Å². The quantitative estimate of drug-likeness (QED) is 0.630. The van der Waals surface area contributed by atoms with Gasteiger partial charge in [0.15, 0.2) is 0 Å². The van der Waals surface area contributed by atoms with Crippen molar-refractivity contribution in [1.82, 2.24) is 10.6 Å². The maximum absolute atomic E-state index is 12.1. The summed E-state index contributed by atoms with van der Waals surface area (Å²) in [6.07, 6.45) is -0.667. The smallest absolute Gasteiger partial charge is 0.251 e. The van der Waals surface area contributed by atoms with Crippen molar-refractivity contribution in [2.24, 2.45) is 0 Å². The molecule has 0 aliphatic heterocycles. The maximum atomic E-state index is 12.1. The van der Waals surface area contributed by atoms with Gasteiger partial charge in [0, 0.05) is 25.1 Å². The lowest BCUT2D eigenvalue weighted by Crippen LogP contribution is -2.37. The van der Waals surface area contributed by atoms with Crippen LogP contribution in [0.4, 0.5) is 0 Å². The van der Waals surface area contributed by atoms with Crippen LogP contribution in [0, 0.1) is 13.8 Å². The van der Waals surface area contributed by atoms with E-state index in [1.54, 1.807) is 12.1 Å². The molecular formula is C21H26N2O4. The monoisotopic (exact) mass is 370 g/mol. The second-order valence-corrected chi connectivity index (χ2v) is 6.41. The van der Waals surface area contributed by atoms with Gasteiger partial charge in [0.2, 0.25) is 5.91 Å². The van der Waals surface area contributed by atoms with Gasteiger partial charge in [-0.3, -0.25) is 9.59 Å². The topological polar surface area (TPSA) is 87.7 Å². The molecule has 1 atom stereocenters. The number of nitrogens with one attached hydrogen (secondary N) is 2. The number of ether oxygens (including phenoxy) is 1. The summed E-state index contributed by atoms with van der Waals surface area (Å²) < 4.78 is 5.50. The van der Waals surface area contributed by atoms with Crippen LogP contribution in [0.3, 0.4) is 0 Å². The molecule has 0 spiro atoms. The van der Waals surface area contributed by atoms with Crippen LogP contribution in [0.25, 0.3) is 0 Å². The molecule has 6 nitrogen and oxygen atoms in total. The van der Waals surface area contributed by atoms with Gasteiger partial charge in [-0.15, -0.1) is 0 Å². The third-order valence-corrected chi connectivity index (χ3v) is 3.99. The van der Waals surface area contributed by atoms with Gasteiger partial charge in [-0.25, -0.2) is 0 Å². The van der Waals surface area contributed by atoms with Crippen molar-refractivity contribution in [3.63, 3.8) is 0 Å². The highest BCUT2D eigenvalue weighted by atomic mass is 16.5. The molecule has 0 radical (unpaired) electrons. The fraction of sp³-hybridized carbons (Fsp3) is 0.333. The maximum Gasteiger partial charge on any atom is 0.251 e. The van der Waals surface area contributed by atoms with Crippen LogP contribution in [-0.4, -0.2) is 42.7 Å². The average molecular weight is 370 g/mol. The Kier molecular flexibility index (Phi) is 7.82. The summed E-state index contributed by atoms with van der Waals surface area (Å²) >= 11 is 0. The molecule has 0 heterocycles. The minimum absolute atomic E-state index is 0.0910. The lowest BCUT2D eigenvalue weighted by molar-refractivity contribution is -0.121. The summed E-state index contributed by atoms with van der Waals surface area (Å²) in [6, 6.07) is 14.8. The first-order valence-electron chi connectivity index (χ1n) is 8.94. The van der Waals surface area contributed by atoms with Gasteiger partial charge in [0.1, 0.15) is 18.5 Å². The van der Waals surface area contributed by atoms with E-state index in [-0.39, 0.29) is 37.9 Å². The summed E-state index contributed by atoms with van der Waals surface area (Å²) in [5.41, 5.74) is 2.56. The number of carbonyl (C=O) groups excluding carboxylic acids is 2. The number of amides is 2. The summed E-state index contributed by atoms with van der Waals surface area (Å²) in [5.74, 6) is 0.237. The Bertz CT molecular complexity index is 776. The first-order valence-corrected chi connectivity index (χ1v) is 8.94. The molecule has 0 bridgehead atoms. The molecule has 0 aromatic heterocycles. The largest absolute Gasteiger partial charge is 0.491 e. The Labute approximate surface area is 159 Å². The number of hydrogen-bond acceptors (Lipinski definition) is 4. The number of aryl methyl sites for hydroxylation is 2. The molecular weight excluding hydrogens is 344 g/mol. The zero-order chi connectivity index (χ0) is 19.6. The summed E-state index contributed by atoms with van der Waals surface area (Å²) in [4.78, 5) is 23.9. The second-order valence-electron chi connectivity index (χ2n) is 6.41. The number of rotatable bonds is 9. The van der Waals surface area contributed by atoms with Crippen molar-refractivity contribution in [1.29, 1.82) is 0 Å². The van der Waals surface area contributed by atoms with Crippen molar-refractivity contribution >= 4 is 11.8 Å². The minimum Gasteiger partial charge on any atom is -0.491 e. The lowest BCUT2D eigenvalue weighted by Gasteiger charge is -2.14. The molecule has 2 aromatic rings. The number of aliphatic hydroxyl groups excluding tert-OH is 1. The third-order valence-electron chi connectivity index (χ3n) is 3.99. The standard InChI is InChI=1S/C21H26N2O4/c1-15-6-5-8-18(12-15)27-14-17(24)13-23-20(25)10-11-22-21(26)19-9-4-3-7-16(19)2/h3-9,12,17,24H,10-11,13-14H2,1-2H3,(H,22,26)(H,23,25). The van der Waals surface area contributed by atoms with Gasteiger partial charge in [-0.2, -0.15) is 0 Å². The van der Waals surface area contributed by atoms with Crippen molar-refractivity contribution in [3.8, 4) is 5.75 Å². The van der Waals surface area contributed by atoms with Gasteiger partial charge < -0.3 is 20.5 Å². The molecule has 2 aromatic carbocycles. The van der Waals surface area contributed by atoms with Crippen LogP contribution in [0.5, 0.6) is 5.75 Å². The van der Waals surface area contributed by atoms with E-state index in [4.69, 9.17) is 4.74 Å². The molecule has 6 heteroatoms. The summed E-state index contributed by atoms with van der Waals surface area (Å²) in [7, 11) is 0. The first-order chi connectivity index (χ1) is 13.0. The van der Waals surface area contributed by atoms with Crippen LogP contribution in [-0.2, 0) is 4.79 Å². The molecule has 2 rings (SSSR count). The SMILES string of the molecule is Cc1cccc(OCC(O)CNC(=O)CCNC(=O)c2ccccc2C)c1. The van der Waals surface area contributed by atoms with E-state index in [9.17, 15) is 14.7 Å². The van der Waals surface area contributed by atoms with Crippen molar-refractivity contribution in [2.75, 3.05) is 19.7 Å². The molecule has 0 aliphatic carbocycles. The van der Waals surface area contributed by atoms with Crippen LogP contribution in [0.1, 0.15) is 27.9 Å². The highest BCUT2D eigenvalue weighted by molar-refractivity contribution is 5.95. The van der Waals surface area contributed by atoms with E-state index < -0.39 is 6.10 Å². The fourth-order valence-electron chi connectivity index (χ4n) is 2.49. The van der Waals surface area contributed by atoms with E-state index in [0.717, 1.165) is 11.1 Å². The van der Waals surface area contributed by atoms with E-state index in [0.29, 0.717) is 11.3 Å². The second kappa shape index (κ2) is 10.3. The predicted octanol–water partition coefficient (Wildman–Crippen LogP) is 1.98. The zero-order valence-electron chi connectivity index (χ0n) is 15.7. The Morgan fingerprint density at radius 3 is 2.59 bits per heavy atom. The predicted molar refractivity (Wildman–Crippen MR) is 104 cm³/mol. The fourth-order valence-corrected chi connectivity index (χ4v) is 2.49. The van der Waals surface area contributed by atoms with Crippen molar-refractivity contribution in [2.45, 2.75) is 26.4 Å².